The average Bonchev–Trinajstić information content (AvgIpc) is 3.48. The lowest BCUT2D eigenvalue weighted by atomic mass is 9.96. The van der Waals surface area contributed by atoms with Gasteiger partial charge in [0.1, 0.15) is 17.5 Å². The molecule has 170 valence electrons. The van der Waals surface area contributed by atoms with E-state index in [2.05, 4.69) is 33.2 Å². The number of carbonyl (C=O) groups excluding carboxylic acids is 1. The number of hydrogen-bond acceptors (Lipinski definition) is 5. The van der Waals surface area contributed by atoms with Crippen molar-refractivity contribution in [2.24, 2.45) is 11.8 Å². The number of nitrogens with one attached hydrogen (secondary N) is 1. The van der Waals surface area contributed by atoms with Crippen molar-refractivity contribution in [3.63, 3.8) is 0 Å². The lowest BCUT2D eigenvalue weighted by molar-refractivity contribution is 0.0926. The van der Waals surface area contributed by atoms with Gasteiger partial charge in [-0.3, -0.25) is 9.78 Å². The Balaban J connectivity index is 1.47. The van der Waals surface area contributed by atoms with Gasteiger partial charge in [-0.1, -0.05) is 6.92 Å². The molecule has 3 heterocycles. The molecule has 0 saturated heterocycles. The van der Waals surface area contributed by atoms with Crippen LogP contribution in [0.3, 0.4) is 0 Å². The summed E-state index contributed by atoms with van der Waals surface area (Å²) in [6.45, 7) is 4.73. The van der Waals surface area contributed by atoms with Crippen LogP contribution in [0.15, 0.2) is 48.7 Å². The van der Waals surface area contributed by atoms with Gasteiger partial charge in [-0.25, -0.2) is 14.4 Å². The van der Waals surface area contributed by atoms with Gasteiger partial charge in [0.15, 0.2) is 0 Å². The standard InChI is InChI=1S/C25H25ClFN5O/c1-15-12-25(15,31-24(33)18-3-5-19(27)6-4-18)22-8-7-21-20(30-22)11-17(13-26)14-32(21)23-9-10-28-16(2)29-23/h3-10,15,17H,11-14H2,1-2H3,(H,31,33). The average molecular weight is 466 g/mol. The number of nitrogens with zero attached hydrogens (tertiary/aromatic N) is 4. The summed E-state index contributed by atoms with van der Waals surface area (Å²) < 4.78 is 13.3. The van der Waals surface area contributed by atoms with Gasteiger partial charge in [-0.15, -0.1) is 11.6 Å². The molecule has 2 aromatic heterocycles. The van der Waals surface area contributed by atoms with E-state index in [1.54, 1.807) is 6.20 Å². The highest BCUT2D eigenvalue weighted by atomic mass is 35.5. The minimum Gasteiger partial charge on any atom is -0.341 e. The largest absolute Gasteiger partial charge is 0.341 e. The third-order valence-corrected chi connectivity index (χ3v) is 7.07. The number of fused-ring (bicyclic) bond motifs is 1. The molecule has 1 aromatic carbocycles. The van der Waals surface area contributed by atoms with Crippen LogP contribution in [0.2, 0.25) is 0 Å². The van der Waals surface area contributed by atoms with Gasteiger partial charge in [0.05, 0.1) is 22.6 Å². The van der Waals surface area contributed by atoms with Crippen LogP contribution in [-0.4, -0.2) is 33.3 Å². The van der Waals surface area contributed by atoms with Crippen molar-refractivity contribution in [1.29, 1.82) is 0 Å². The minimum absolute atomic E-state index is 0.226. The molecule has 1 amide bonds. The van der Waals surface area contributed by atoms with Gasteiger partial charge >= 0.3 is 0 Å². The number of aryl methyl sites for hydroxylation is 1. The number of halogens is 2. The van der Waals surface area contributed by atoms with Crippen LogP contribution in [0.25, 0.3) is 0 Å². The summed E-state index contributed by atoms with van der Waals surface area (Å²) in [5.41, 5.74) is 2.71. The van der Waals surface area contributed by atoms with Crippen LogP contribution in [-0.2, 0) is 12.0 Å². The summed E-state index contributed by atoms with van der Waals surface area (Å²) in [5, 5.41) is 3.17. The summed E-state index contributed by atoms with van der Waals surface area (Å²) in [6.07, 6.45) is 3.33. The highest BCUT2D eigenvalue weighted by Gasteiger charge is 2.55. The van der Waals surface area contributed by atoms with Crippen LogP contribution in [0.4, 0.5) is 15.9 Å². The summed E-state index contributed by atoms with van der Waals surface area (Å²) in [6, 6.07) is 11.5. The molecule has 3 atom stereocenters. The first-order valence-corrected chi connectivity index (χ1v) is 11.6. The Morgan fingerprint density at radius 1 is 1.21 bits per heavy atom. The lowest BCUT2D eigenvalue weighted by Gasteiger charge is -2.34. The van der Waals surface area contributed by atoms with Crippen molar-refractivity contribution in [3.05, 3.63) is 77.3 Å². The van der Waals surface area contributed by atoms with Gasteiger partial charge in [-0.05, 0) is 74.1 Å². The molecular formula is C25H25ClFN5O. The third kappa shape index (κ3) is 4.06. The first-order chi connectivity index (χ1) is 15.9. The second kappa shape index (κ2) is 8.37. The Bertz CT molecular complexity index is 1200. The number of aromatic nitrogens is 3. The van der Waals surface area contributed by atoms with Crippen LogP contribution in [0.5, 0.6) is 0 Å². The predicted molar refractivity (Wildman–Crippen MR) is 125 cm³/mol. The number of pyridine rings is 1. The second-order valence-corrected chi connectivity index (χ2v) is 9.31. The highest BCUT2D eigenvalue weighted by molar-refractivity contribution is 6.18. The molecule has 8 heteroatoms. The van der Waals surface area contributed by atoms with Crippen molar-refractivity contribution in [1.82, 2.24) is 20.3 Å². The van der Waals surface area contributed by atoms with Crippen LogP contribution >= 0.6 is 11.6 Å². The monoisotopic (exact) mass is 465 g/mol. The summed E-state index contributed by atoms with van der Waals surface area (Å²) in [7, 11) is 0. The molecule has 1 saturated carbocycles. The zero-order valence-corrected chi connectivity index (χ0v) is 19.3. The number of benzene rings is 1. The lowest BCUT2D eigenvalue weighted by Crippen LogP contribution is -2.38. The first kappa shape index (κ1) is 21.8. The van der Waals surface area contributed by atoms with E-state index in [4.69, 9.17) is 16.6 Å². The predicted octanol–water partition coefficient (Wildman–Crippen LogP) is 4.53. The van der Waals surface area contributed by atoms with E-state index in [1.165, 1.54) is 24.3 Å². The Morgan fingerprint density at radius 2 is 1.97 bits per heavy atom. The van der Waals surface area contributed by atoms with Crippen molar-refractivity contribution in [3.8, 4) is 0 Å². The fourth-order valence-electron chi connectivity index (χ4n) is 4.64. The van der Waals surface area contributed by atoms with E-state index in [-0.39, 0.29) is 23.6 Å². The van der Waals surface area contributed by atoms with Crippen molar-refractivity contribution in [2.45, 2.75) is 32.2 Å². The Kier molecular flexibility index (Phi) is 5.52. The maximum absolute atomic E-state index is 13.3. The molecule has 3 aromatic rings. The molecule has 1 aliphatic heterocycles. The summed E-state index contributed by atoms with van der Waals surface area (Å²) in [5.74, 6) is 1.95. The molecular weight excluding hydrogens is 441 g/mol. The molecule has 1 aliphatic carbocycles. The molecule has 0 bridgehead atoms. The Hall–Kier alpha value is -3.06. The zero-order chi connectivity index (χ0) is 23.2. The van der Waals surface area contributed by atoms with Crippen LogP contribution in [0.1, 0.15) is 40.9 Å². The van der Waals surface area contributed by atoms with E-state index in [1.807, 2.05) is 19.1 Å². The number of hydrogen-bond donors (Lipinski definition) is 1. The molecule has 0 radical (unpaired) electrons. The van der Waals surface area contributed by atoms with Crippen LogP contribution < -0.4 is 10.2 Å². The van der Waals surface area contributed by atoms with Crippen molar-refractivity contribution >= 4 is 29.0 Å². The van der Waals surface area contributed by atoms with Gasteiger partial charge in [-0.2, -0.15) is 0 Å². The van der Waals surface area contributed by atoms with Crippen LogP contribution in [0, 0.1) is 24.6 Å². The number of carbonyl (C=O) groups is 1. The van der Waals surface area contributed by atoms with Gasteiger partial charge in [0.25, 0.3) is 5.91 Å². The first-order valence-electron chi connectivity index (χ1n) is 11.1. The third-order valence-electron chi connectivity index (χ3n) is 6.63. The smallest absolute Gasteiger partial charge is 0.252 e. The number of alkyl halides is 1. The molecule has 6 nitrogen and oxygen atoms in total. The molecule has 3 unspecified atom stereocenters. The molecule has 1 N–H and O–H groups in total. The number of rotatable bonds is 5. The van der Waals surface area contributed by atoms with E-state index < -0.39 is 5.54 Å². The zero-order valence-electron chi connectivity index (χ0n) is 18.6. The molecule has 2 aliphatic rings. The van der Waals surface area contributed by atoms with E-state index in [0.717, 1.165) is 42.3 Å². The quantitative estimate of drug-likeness (QED) is 0.560. The fraction of sp³-hybridized carbons (Fsp3) is 0.360. The Morgan fingerprint density at radius 3 is 2.64 bits per heavy atom. The van der Waals surface area contributed by atoms with E-state index in [0.29, 0.717) is 17.3 Å². The van der Waals surface area contributed by atoms with Gasteiger partial charge in [0.2, 0.25) is 0 Å². The van der Waals surface area contributed by atoms with E-state index >= 15 is 0 Å². The summed E-state index contributed by atoms with van der Waals surface area (Å²) >= 11 is 6.27. The highest BCUT2D eigenvalue weighted by Crippen LogP contribution is 2.52. The number of anilines is 2. The molecule has 33 heavy (non-hydrogen) atoms. The molecule has 5 rings (SSSR count). The topological polar surface area (TPSA) is 71.0 Å². The molecule has 0 spiro atoms. The van der Waals surface area contributed by atoms with Crippen molar-refractivity contribution < 1.29 is 9.18 Å². The maximum Gasteiger partial charge on any atom is 0.252 e. The second-order valence-electron chi connectivity index (χ2n) is 9.00. The van der Waals surface area contributed by atoms with E-state index in [9.17, 15) is 9.18 Å². The molecule has 1 fully saturated rings. The van der Waals surface area contributed by atoms with Crippen molar-refractivity contribution in [2.75, 3.05) is 17.3 Å². The fourth-order valence-corrected chi connectivity index (χ4v) is 4.85. The SMILES string of the molecule is Cc1nccc(N2CC(CCl)Cc3nc(C4(NC(=O)c5ccc(F)cc5)CC4C)ccc32)n1. The minimum atomic E-state index is -0.523. The normalized spacial score (nSPS) is 23.7. The van der Waals surface area contributed by atoms with Gasteiger partial charge < -0.3 is 10.2 Å². The number of amides is 1. The Labute approximate surface area is 197 Å². The van der Waals surface area contributed by atoms with Gasteiger partial charge in [0, 0.05) is 24.2 Å². The maximum atomic E-state index is 13.3. The summed E-state index contributed by atoms with van der Waals surface area (Å²) in [4.78, 5) is 28.9.